The Labute approximate surface area is 400 Å². The van der Waals surface area contributed by atoms with E-state index in [1.54, 1.807) is 24.4 Å². The van der Waals surface area contributed by atoms with E-state index in [-0.39, 0.29) is 53.9 Å². The Morgan fingerprint density at radius 3 is 2.36 bits per heavy atom. The maximum absolute atomic E-state index is 13.7. The highest BCUT2D eigenvalue weighted by Gasteiger charge is 2.45. The highest BCUT2D eigenvalue weighted by molar-refractivity contribution is 6.25. The average Bonchev–Trinajstić information content (AvgIpc) is 3.87. The number of unbranched alkanes of at least 4 members (excludes halogenated alkanes) is 4. The number of carbonyl (C=O) groups is 6. The van der Waals surface area contributed by atoms with Crippen molar-refractivity contribution in [2.45, 2.75) is 97.7 Å². The van der Waals surface area contributed by atoms with Gasteiger partial charge in [-0.2, -0.15) is 5.10 Å². The van der Waals surface area contributed by atoms with Crippen LogP contribution >= 0.6 is 0 Å². The van der Waals surface area contributed by atoms with Crippen LogP contribution in [-0.4, -0.2) is 117 Å². The van der Waals surface area contributed by atoms with Gasteiger partial charge in [-0.1, -0.05) is 25.3 Å². The lowest BCUT2D eigenvalue weighted by Crippen LogP contribution is -2.54. The van der Waals surface area contributed by atoms with E-state index in [9.17, 15) is 33.6 Å². The minimum Gasteiger partial charge on any atom is -0.384 e. The van der Waals surface area contributed by atoms with Crippen LogP contribution in [0.5, 0.6) is 0 Å². The van der Waals surface area contributed by atoms with E-state index >= 15 is 0 Å². The molecule has 3 aliphatic rings. The molecule has 8 rings (SSSR count). The molecule has 1 atom stereocenters. The Morgan fingerprint density at radius 2 is 1.62 bits per heavy atom. The number of rotatable bonds is 19. The fourth-order valence-corrected chi connectivity index (χ4v) is 9.49. The minimum absolute atomic E-state index is 0.0533. The normalized spacial score (nSPS) is 16.3. The average molecular weight is 940 g/mol. The summed E-state index contributed by atoms with van der Waals surface area (Å²) in [6, 6.07) is 14.0. The topological polar surface area (TPSA) is 224 Å². The summed E-state index contributed by atoms with van der Waals surface area (Å²) in [6.45, 7) is 13.1. The summed E-state index contributed by atoms with van der Waals surface area (Å²) >= 11 is 0. The first-order valence-corrected chi connectivity index (χ1v) is 24.0. The van der Waals surface area contributed by atoms with E-state index in [0.717, 1.165) is 109 Å². The third kappa shape index (κ3) is 10.9. The van der Waals surface area contributed by atoms with Gasteiger partial charge in [0.15, 0.2) is 0 Å². The van der Waals surface area contributed by atoms with Gasteiger partial charge < -0.3 is 25.8 Å². The van der Waals surface area contributed by atoms with Crippen molar-refractivity contribution in [1.82, 2.24) is 45.5 Å². The van der Waals surface area contributed by atoms with Crippen molar-refractivity contribution in [2.75, 3.05) is 56.0 Å². The number of aryl methyl sites for hydroxylation is 2. The lowest BCUT2D eigenvalue weighted by Gasteiger charge is -2.35. The van der Waals surface area contributed by atoms with Crippen molar-refractivity contribution in [3.63, 3.8) is 0 Å². The number of hydrogen-bond acceptors (Lipinski definition) is 12. The van der Waals surface area contributed by atoms with Crippen LogP contribution in [0, 0.1) is 13.8 Å². The first-order valence-electron chi connectivity index (χ1n) is 24.0. The molecule has 5 N–H and O–H groups in total. The summed E-state index contributed by atoms with van der Waals surface area (Å²) in [5.74, 6) is -1.45. The van der Waals surface area contributed by atoms with Gasteiger partial charge in [-0.05, 0) is 101 Å². The van der Waals surface area contributed by atoms with Gasteiger partial charge in [0.2, 0.25) is 17.7 Å². The second-order valence-corrected chi connectivity index (χ2v) is 18.5. The lowest BCUT2D eigenvalue weighted by molar-refractivity contribution is -0.136. The molecule has 18 heteroatoms. The van der Waals surface area contributed by atoms with Crippen molar-refractivity contribution >= 4 is 57.9 Å². The number of nitrogens with zero attached hydrogens (tertiary/aromatic N) is 6. The third-order valence-electron chi connectivity index (χ3n) is 13.3. The number of imide groups is 2. The summed E-state index contributed by atoms with van der Waals surface area (Å²) in [5.41, 5.74) is 5.98. The predicted octanol–water partition coefficient (Wildman–Crippen LogP) is 5.01. The molecule has 0 saturated carbocycles. The first-order chi connectivity index (χ1) is 33.3. The molecule has 3 aliphatic heterocycles. The smallest absolute Gasteiger partial charge is 0.264 e. The zero-order valence-corrected chi connectivity index (χ0v) is 39.8. The Morgan fingerprint density at radius 1 is 0.841 bits per heavy atom. The minimum atomic E-state index is -1.00. The lowest BCUT2D eigenvalue weighted by atomic mass is 10.0. The third-order valence-corrected chi connectivity index (χ3v) is 13.3. The number of aromatic nitrogens is 4. The Kier molecular flexibility index (Phi) is 15.0. The highest BCUT2D eigenvalue weighted by Crippen LogP contribution is 2.33. The van der Waals surface area contributed by atoms with Gasteiger partial charge in [0.25, 0.3) is 23.3 Å². The van der Waals surface area contributed by atoms with Crippen LogP contribution in [0.4, 0.5) is 11.5 Å². The zero-order chi connectivity index (χ0) is 48.8. The molecule has 1 unspecified atom stereocenters. The van der Waals surface area contributed by atoms with Crippen molar-refractivity contribution in [1.29, 1.82) is 0 Å². The molecule has 69 heavy (non-hydrogen) atoms. The molecular weight excluding hydrogens is 879 g/mol. The quantitative estimate of drug-likeness (QED) is 0.0545. The van der Waals surface area contributed by atoms with Crippen LogP contribution in [0.1, 0.15) is 119 Å². The number of piperidine rings is 1. The molecule has 0 aliphatic carbocycles. The van der Waals surface area contributed by atoms with Crippen LogP contribution in [0.15, 0.2) is 65.7 Å². The molecule has 0 radical (unpaired) electrons. The van der Waals surface area contributed by atoms with E-state index in [0.29, 0.717) is 36.3 Å². The van der Waals surface area contributed by atoms with Crippen molar-refractivity contribution in [2.24, 2.45) is 0 Å². The van der Waals surface area contributed by atoms with Crippen molar-refractivity contribution in [3.8, 4) is 11.1 Å². The summed E-state index contributed by atoms with van der Waals surface area (Å²) in [4.78, 5) is 103. The van der Waals surface area contributed by atoms with Gasteiger partial charge in [0, 0.05) is 105 Å². The summed E-state index contributed by atoms with van der Waals surface area (Å²) in [6.07, 6.45) is 8.69. The number of pyridine rings is 2. The molecular formula is C51H61N11O7. The number of carbonyl (C=O) groups excluding carboxylic acids is 6. The first kappa shape index (κ1) is 48.3. The number of nitrogens with one attached hydrogen (secondary N) is 5. The molecule has 3 aromatic heterocycles. The monoisotopic (exact) mass is 939 g/mol. The SMILES string of the molecule is Cc1cc(C)c(CNC(=O)c2cc(-c3ccc(N4CCN(CCNC(=O)CCCCCCCNc5cccc6c5C(=O)N(C5CCC(=O)NC5=O)C6=O)CC4)nc3)cc3c2cnn3C(C)C)c(=O)[nH]1. The Bertz CT molecular complexity index is 2830. The molecule has 2 fully saturated rings. The number of anilines is 2. The van der Waals surface area contributed by atoms with Gasteiger partial charge in [-0.3, -0.25) is 53.4 Å². The number of benzene rings is 2. The Balaban J connectivity index is 0.732. The molecule has 6 heterocycles. The fourth-order valence-electron chi connectivity index (χ4n) is 9.49. The number of hydrogen-bond donors (Lipinski definition) is 5. The maximum Gasteiger partial charge on any atom is 0.264 e. The standard InChI is InChI=1S/C51H61N11O7/c1-31(2)62-42-27-35(26-37(39(42)30-56-62)47(65)55-29-38-32(3)25-33(4)57-48(38)66)34-14-16-43(54-28-34)60-23-21-59(22-24-60)20-19-53-44(63)13-8-6-5-7-9-18-52-40-12-10-11-36-46(40)51(69)61(50(36)68)41-15-17-45(64)58-49(41)67/h10-12,14,16,25-28,30-31,41,52H,5-9,13,15,17-24,29H2,1-4H3,(H,53,63)(H,55,65)(H,57,66)(H,58,64,67). The molecule has 2 saturated heterocycles. The number of amides is 6. The van der Waals surface area contributed by atoms with Crippen LogP contribution in [0.2, 0.25) is 0 Å². The van der Waals surface area contributed by atoms with Crippen molar-refractivity contribution < 1.29 is 28.8 Å². The van der Waals surface area contributed by atoms with E-state index in [4.69, 9.17) is 4.98 Å². The van der Waals surface area contributed by atoms with Crippen LogP contribution in [-0.2, 0) is 20.9 Å². The number of H-pyrrole nitrogens is 1. The molecule has 5 aromatic rings. The largest absolute Gasteiger partial charge is 0.384 e. The molecule has 362 valence electrons. The van der Waals surface area contributed by atoms with E-state index in [2.05, 4.69) is 41.1 Å². The number of aromatic amines is 1. The Hall–Kier alpha value is -7.21. The van der Waals surface area contributed by atoms with Gasteiger partial charge in [0.1, 0.15) is 11.9 Å². The number of fused-ring (bicyclic) bond motifs is 2. The molecule has 0 bridgehead atoms. The summed E-state index contributed by atoms with van der Waals surface area (Å²) in [7, 11) is 0. The van der Waals surface area contributed by atoms with Crippen LogP contribution < -0.4 is 31.7 Å². The van der Waals surface area contributed by atoms with Crippen LogP contribution in [0.25, 0.3) is 22.0 Å². The van der Waals surface area contributed by atoms with E-state index in [1.807, 2.05) is 68.9 Å². The van der Waals surface area contributed by atoms with Gasteiger partial charge >= 0.3 is 0 Å². The highest BCUT2D eigenvalue weighted by atomic mass is 16.2. The summed E-state index contributed by atoms with van der Waals surface area (Å²) < 4.78 is 1.90. The molecule has 2 aromatic carbocycles. The molecule has 0 spiro atoms. The predicted molar refractivity (Wildman–Crippen MR) is 262 cm³/mol. The van der Waals surface area contributed by atoms with Gasteiger partial charge in [-0.15, -0.1) is 0 Å². The second kappa shape index (κ2) is 21.4. The van der Waals surface area contributed by atoms with E-state index in [1.165, 1.54) is 0 Å². The van der Waals surface area contributed by atoms with Crippen LogP contribution in [0.3, 0.4) is 0 Å². The fraction of sp³-hybridized carbons (Fsp3) is 0.431. The second-order valence-electron chi connectivity index (χ2n) is 18.5. The van der Waals surface area contributed by atoms with Gasteiger partial charge in [0.05, 0.1) is 28.4 Å². The number of piperazine rings is 1. The zero-order valence-electron chi connectivity index (χ0n) is 39.8. The van der Waals surface area contributed by atoms with E-state index < -0.39 is 29.7 Å². The molecule has 6 amide bonds. The summed E-state index contributed by atoms with van der Waals surface area (Å²) in [5, 5.41) is 16.9. The van der Waals surface area contributed by atoms with Gasteiger partial charge in [-0.25, -0.2) is 4.98 Å². The van der Waals surface area contributed by atoms with Crippen molar-refractivity contribution in [3.05, 3.63) is 105 Å². The molecule has 18 nitrogen and oxygen atoms in total. The maximum atomic E-state index is 13.7.